The largest absolute Gasteiger partial charge is 0.323 e. The van der Waals surface area contributed by atoms with E-state index >= 15 is 0 Å². The van der Waals surface area contributed by atoms with Crippen molar-refractivity contribution in [3.8, 4) is 5.69 Å². The molecule has 0 unspecified atom stereocenters. The van der Waals surface area contributed by atoms with E-state index in [9.17, 15) is 4.79 Å². The van der Waals surface area contributed by atoms with Crippen LogP contribution >= 0.6 is 11.6 Å². The molecule has 2 amide bonds. The molecule has 8 heteroatoms. The molecule has 0 saturated heterocycles. The van der Waals surface area contributed by atoms with E-state index in [4.69, 9.17) is 11.6 Å². The third kappa shape index (κ3) is 4.13. The van der Waals surface area contributed by atoms with Crippen LogP contribution in [-0.4, -0.2) is 38.2 Å². The summed E-state index contributed by atoms with van der Waals surface area (Å²) in [5.74, 6) is 0. The Kier molecular flexibility index (Phi) is 4.95. The number of nitrogens with zero attached hydrogens (tertiary/aromatic N) is 5. The average molecular weight is 357 g/mol. The zero-order valence-corrected chi connectivity index (χ0v) is 14.6. The lowest BCUT2D eigenvalue weighted by Gasteiger charge is -2.19. The van der Waals surface area contributed by atoms with Crippen molar-refractivity contribution >= 4 is 23.3 Å². The highest BCUT2D eigenvalue weighted by Crippen LogP contribution is 2.20. The molecule has 0 aliphatic heterocycles. The number of aromatic nitrogens is 4. The fourth-order valence-corrected chi connectivity index (χ4v) is 2.57. The van der Waals surface area contributed by atoms with E-state index < -0.39 is 0 Å². The highest BCUT2D eigenvalue weighted by molar-refractivity contribution is 6.30. The van der Waals surface area contributed by atoms with E-state index in [2.05, 4.69) is 20.8 Å². The lowest BCUT2D eigenvalue weighted by atomic mass is 10.2. The highest BCUT2D eigenvalue weighted by Gasteiger charge is 2.12. The minimum atomic E-state index is -0.211. The summed E-state index contributed by atoms with van der Waals surface area (Å²) in [6, 6.07) is 12.9. The van der Waals surface area contributed by atoms with E-state index in [0.717, 1.165) is 16.8 Å². The Morgan fingerprint density at radius 3 is 2.84 bits per heavy atom. The Balaban J connectivity index is 1.73. The lowest BCUT2D eigenvalue weighted by molar-refractivity contribution is 0.220. The molecule has 3 rings (SSSR count). The fraction of sp³-hybridized carbons (Fsp3) is 0.176. The van der Waals surface area contributed by atoms with Crippen LogP contribution in [0.2, 0.25) is 5.02 Å². The van der Waals surface area contributed by atoms with Gasteiger partial charge in [0.25, 0.3) is 0 Å². The first-order valence-electron chi connectivity index (χ1n) is 7.63. The summed E-state index contributed by atoms with van der Waals surface area (Å²) in [4.78, 5) is 14.1. The molecule has 0 fully saturated rings. The van der Waals surface area contributed by atoms with Crippen LogP contribution in [0.1, 0.15) is 11.1 Å². The molecule has 7 nitrogen and oxygen atoms in total. The highest BCUT2D eigenvalue weighted by atomic mass is 35.5. The number of anilines is 1. The SMILES string of the molecule is Cc1ccc(-n2cnnn2)cc1NC(=O)N(C)Cc1cccc(Cl)c1. The first-order chi connectivity index (χ1) is 12.0. The number of tetrazole rings is 1. The van der Waals surface area contributed by atoms with Gasteiger partial charge in [0.1, 0.15) is 6.33 Å². The molecule has 1 aromatic heterocycles. The third-order valence-electron chi connectivity index (χ3n) is 3.73. The predicted octanol–water partition coefficient (Wildman–Crippen LogP) is 3.29. The Hall–Kier alpha value is -2.93. The number of aryl methyl sites for hydroxylation is 1. The third-order valence-corrected chi connectivity index (χ3v) is 3.97. The molecule has 0 bridgehead atoms. The number of hydrogen-bond donors (Lipinski definition) is 1. The van der Waals surface area contributed by atoms with Crippen molar-refractivity contribution in [3.05, 3.63) is 64.9 Å². The van der Waals surface area contributed by atoms with Gasteiger partial charge in [-0.2, -0.15) is 0 Å². The molecule has 2 aromatic carbocycles. The monoisotopic (exact) mass is 356 g/mol. The van der Waals surface area contributed by atoms with Gasteiger partial charge in [-0.05, 0) is 52.7 Å². The average Bonchev–Trinajstić information content (AvgIpc) is 3.11. The number of rotatable bonds is 4. The number of urea groups is 1. The lowest BCUT2D eigenvalue weighted by Crippen LogP contribution is -2.31. The van der Waals surface area contributed by atoms with Crippen LogP contribution in [0.5, 0.6) is 0 Å². The standard InChI is InChI=1S/C17H17ClN6O/c1-12-6-7-15(24-11-19-21-22-24)9-16(12)20-17(25)23(2)10-13-4-3-5-14(18)8-13/h3-9,11H,10H2,1-2H3,(H,20,25). The quantitative estimate of drug-likeness (QED) is 0.778. The summed E-state index contributed by atoms with van der Waals surface area (Å²) in [6.45, 7) is 2.38. The summed E-state index contributed by atoms with van der Waals surface area (Å²) < 4.78 is 1.53. The van der Waals surface area contributed by atoms with Crippen LogP contribution in [0, 0.1) is 6.92 Å². The molecule has 0 radical (unpaired) electrons. The number of nitrogens with one attached hydrogen (secondary N) is 1. The van der Waals surface area contributed by atoms with Gasteiger partial charge in [0.2, 0.25) is 0 Å². The van der Waals surface area contributed by atoms with E-state index in [1.165, 1.54) is 11.0 Å². The molecule has 3 aromatic rings. The van der Waals surface area contributed by atoms with Crippen LogP contribution < -0.4 is 5.32 Å². The molecule has 1 heterocycles. The van der Waals surface area contributed by atoms with Crippen LogP contribution in [0.25, 0.3) is 5.69 Å². The van der Waals surface area contributed by atoms with E-state index in [1.807, 2.05) is 43.3 Å². The summed E-state index contributed by atoms with van der Waals surface area (Å²) in [5.41, 5.74) is 3.38. The Morgan fingerprint density at radius 2 is 2.12 bits per heavy atom. The van der Waals surface area contributed by atoms with Gasteiger partial charge in [0.05, 0.1) is 5.69 Å². The molecule has 25 heavy (non-hydrogen) atoms. The molecule has 128 valence electrons. The van der Waals surface area contributed by atoms with E-state index in [0.29, 0.717) is 17.3 Å². The zero-order chi connectivity index (χ0) is 17.8. The number of hydrogen-bond acceptors (Lipinski definition) is 4. The predicted molar refractivity (Wildman–Crippen MR) is 95.8 cm³/mol. The molecule has 0 atom stereocenters. The number of amides is 2. The van der Waals surface area contributed by atoms with Crippen LogP contribution in [0.4, 0.5) is 10.5 Å². The van der Waals surface area contributed by atoms with Crippen molar-refractivity contribution in [3.63, 3.8) is 0 Å². The summed E-state index contributed by atoms with van der Waals surface area (Å²) in [5, 5.41) is 14.7. The normalized spacial score (nSPS) is 10.5. The Bertz CT molecular complexity index is 881. The maximum absolute atomic E-state index is 12.5. The first-order valence-corrected chi connectivity index (χ1v) is 8.01. The minimum absolute atomic E-state index is 0.211. The smallest absolute Gasteiger partial charge is 0.321 e. The van der Waals surface area contributed by atoms with Gasteiger partial charge in [-0.15, -0.1) is 5.10 Å². The van der Waals surface area contributed by atoms with Crippen molar-refractivity contribution < 1.29 is 4.79 Å². The second-order valence-corrected chi connectivity index (χ2v) is 6.11. The van der Waals surface area contributed by atoms with Crippen molar-refractivity contribution in [1.82, 2.24) is 25.1 Å². The van der Waals surface area contributed by atoms with Gasteiger partial charge >= 0.3 is 6.03 Å². The second-order valence-electron chi connectivity index (χ2n) is 5.67. The maximum Gasteiger partial charge on any atom is 0.321 e. The zero-order valence-electron chi connectivity index (χ0n) is 13.8. The Morgan fingerprint density at radius 1 is 1.28 bits per heavy atom. The molecule has 0 saturated carbocycles. The fourth-order valence-electron chi connectivity index (χ4n) is 2.36. The minimum Gasteiger partial charge on any atom is -0.323 e. The van der Waals surface area contributed by atoms with E-state index in [1.54, 1.807) is 18.0 Å². The Labute approximate surface area is 150 Å². The number of carbonyl (C=O) groups is 1. The topological polar surface area (TPSA) is 75.9 Å². The molecule has 0 aliphatic carbocycles. The summed E-state index contributed by atoms with van der Waals surface area (Å²) >= 11 is 5.99. The second kappa shape index (κ2) is 7.31. The van der Waals surface area contributed by atoms with Gasteiger partial charge < -0.3 is 10.2 Å². The van der Waals surface area contributed by atoms with Crippen molar-refractivity contribution in [2.45, 2.75) is 13.5 Å². The summed E-state index contributed by atoms with van der Waals surface area (Å²) in [7, 11) is 1.73. The van der Waals surface area contributed by atoms with Gasteiger partial charge in [-0.1, -0.05) is 29.8 Å². The van der Waals surface area contributed by atoms with Gasteiger partial charge in [0, 0.05) is 24.3 Å². The van der Waals surface area contributed by atoms with E-state index in [-0.39, 0.29) is 6.03 Å². The molecule has 0 spiro atoms. The van der Waals surface area contributed by atoms with Gasteiger partial charge in [-0.3, -0.25) is 0 Å². The molecular weight excluding hydrogens is 340 g/mol. The number of benzene rings is 2. The summed E-state index contributed by atoms with van der Waals surface area (Å²) in [6.07, 6.45) is 1.50. The van der Waals surface area contributed by atoms with Crippen molar-refractivity contribution in [1.29, 1.82) is 0 Å². The maximum atomic E-state index is 12.5. The van der Waals surface area contributed by atoms with Crippen LogP contribution in [0.3, 0.4) is 0 Å². The van der Waals surface area contributed by atoms with Crippen LogP contribution in [-0.2, 0) is 6.54 Å². The first kappa shape index (κ1) is 16.9. The number of carbonyl (C=O) groups excluding carboxylic acids is 1. The van der Waals surface area contributed by atoms with Gasteiger partial charge in [0.15, 0.2) is 0 Å². The number of halogens is 1. The molecule has 0 aliphatic rings. The van der Waals surface area contributed by atoms with Crippen molar-refractivity contribution in [2.75, 3.05) is 12.4 Å². The van der Waals surface area contributed by atoms with Gasteiger partial charge in [-0.25, -0.2) is 9.48 Å². The van der Waals surface area contributed by atoms with Crippen molar-refractivity contribution in [2.24, 2.45) is 0 Å². The van der Waals surface area contributed by atoms with Crippen LogP contribution in [0.15, 0.2) is 48.8 Å². The molecular formula is C17H17ClN6O. The molecule has 1 N–H and O–H groups in total.